The van der Waals surface area contributed by atoms with Crippen LogP contribution in [0.4, 0.5) is 0 Å². The zero-order chi connectivity index (χ0) is 35.7. The number of fused-ring (bicyclic) bond motifs is 8. The molecule has 0 amide bonds. The van der Waals surface area contributed by atoms with E-state index in [1.54, 1.807) is 6.08 Å². The minimum absolute atomic E-state index is 0.464. The van der Waals surface area contributed by atoms with Crippen LogP contribution in [0, 0.1) is 0 Å². The van der Waals surface area contributed by atoms with Crippen LogP contribution in [0.1, 0.15) is 36.1 Å². The molecule has 0 N–H and O–H groups in total. The number of allylic oxidation sites excluding steroid dienone is 8. The molecule has 0 spiro atoms. The Labute approximate surface area is 300 Å². The molecule has 248 valence electrons. The second kappa shape index (κ2) is 13.5. The van der Waals surface area contributed by atoms with Gasteiger partial charge in [0.15, 0.2) is 0 Å². The number of benzene rings is 5. The average molecular weight is 661 g/mol. The highest BCUT2D eigenvalue weighted by molar-refractivity contribution is 6.18. The number of para-hydroxylation sites is 1. The Bertz CT molecular complexity index is 2540. The van der Waals surface area contributed by atoms with E-state index >= 15 is 0 Å². The standard InChI is InChI=1S/C48H40N2O/c1-8-16-32(5)48(33(6)17-9-2)40-22-15-21-37(45(40)39-26-27-44-46(47(39)48)38-20-13-14-23-43(38)51-44)42(29-41(49-7)31(4)10-3)50-30-34-24-25-35-18-11-12-19-36(35)28-34/h8-29H,3-7,30H2,1-2H3/b16-8-,17-9-,41-29-,50-42?. The normalized spacial score (nSPS) is 14.0. The van der Waals surface area contributed by atoms with Crippen LogP contribution < -0.4 is 0 Å². The molecule has 0 unspecified atom stereocenters. The second-order valence-corrected chi connectivity index (χ2v) is 12.8. The molecule has 0 fully saturated rings. The fourth-order valence-corrected chi connectivity index (χ4v) is 7.64. The first-order valence-corrected chi connectivity index (χ1v) is 17.1. The predicted molar refractivity (Wildman–Crippen MR) is 219 cm³/mol. The lowest BCUT2D eigenvalue weighted by Gasteiger charge is -2.35. The highest BCUT2D eigenvalue weighted by atomic mass is 16.3. The quantitative estimate of drug-likeness (QED) is 0.101. The van der Waals surface area contributed by atoms with Crippen molar-refractivity contribution in [1.82, 2.24) is 0 Å². The highest BCUT2D eigenvalue weighted by Crippen LogP contribution is 2.60. The van der Waals surface area contributed by atoms with Gasteiger partial charge in [-0.3, -0.25) is 9.98 Å². The summed E-state index contributed by atoms with van der Waals surface area (Å²) in [6.07, 6.45) is 12.0. The van der Waals surface area contributed by atoms with Crippen molar-refractivity contribution in [3.05, 3.63) is 205 Å². The van der Waals surface area contributed by atoms with Crippen LogP contribution in [-0.4, -0.2) is 12.4 Å². The maximum absolute atomic E-state index is 6.48. The predicted octanol–water partition coefficient (Wildman–Crippen LogP) is 12.6. The minimum atomic E-state index is -0.788. The molecule has 0 radical (unpaired) electrons. The topological polar surface area (TPSA) is 37.9 Å². The molecule has 5 aromatic carbocycles. The molecule has 0 saturated heterocycles. The van der Waals surface area contributed by atoms with Crippen molar-refractivity contribution >= 4 is 45.1 Å². The number of hydrogen-bond acceptors (Lipinski definition) is 3. The molecule has 1 aromatic heterocycles. The van der Waals surface area contributed by atoms with E-state index in [9.17, 15) is 0 Å². The van der Waals surface area contributed by atoms with Crippen LogP contribution in [0.2, 0.25) is 0 Å². The van der Waals surface area contributed by atoms with Crippen LogP contribution in [-0.2, 0) is 12.0 Å². The van der Waals surface area contributed by atoms with E-state index < -0.39 is 5.41 Å². The SMILES string of the molecule is C=CC(=C)/C(=C/C(=NCc1ccc2ccccc2c1)c1cccc2c1-c1ccc3oc4ccccc4c3c1C2(C(=C)/C=C\C)C(=C)/C=C\C)N=C. The van der Waals surface area contributed by atoms with Crippen LogP contribution in [0.3, 0.4) is 0 Å². The van der Waals surface area contributed by atoms with Gasteiger partial charge in [-0.2, -0.15) is 0 Å². The fraction of sp³-hybridized carbons (Fsp3) is 0.0833. The molecule has 0 atom stereocenters. The lowest BCUT2D eigenvalue weighted by molar-refractivity contribution is 0.668. The Morgan fingerprint density at radius 1 is 0.784 bits per heavy atom. The summed E-state index contributed by atoms with van der Waals surface area (Å²) in [5.41, 5.74) is 11.1. The van der Waals surface area contributed by atoms with Gasteiger partial charge in [0.05, 0.1) is 23.4 Å². The van der Waals surface area contributed by atoms with E-state index in [0.717, 1.165) is 72.2 Å². The fourth-order valence-electron chi connectivity index (χ4n) is 7.64. The molecule has 1 aliphatic carbocycles. The maximum atomic E-state index is 6.48. The van der Waals surface area contributed by atoms with Crippen LogP contribution >= 0.6 is 0 Å². The summed E-state index contributed by atoms with van der Waals surface area (Å²) in [6.45, 7) is 26.0. The summed E-state index contributed by atoms with van der Waals surface area (Å²) in [5.74, 6) is 0. The summed E-state index contributed by atoms with van der Waals surface area (Å²) < 4.78 is 6.48. The summed E-state index contributed by atoms with van der Waals surface area (Å²) in [6, 6.07) is 33.8. The molecule has 1 heterocycles. The summed E-state index contributed by atoms with van der Waals surface area (Å²) in [5, 5.41) is 4.48. The van der Waals surface area contributed by atoms with Crippen molar-refractivity contribution in [2.45, 2.75) is 25.8 Å². The molecule has 1 aliphatic rings. The van der Waals surface area contributed by atoms with Gasteiger partial charge < -0.3 is 4.42 Å². The van der Waals surface area contributed by atoms with Crippen molar-refractivity contribution in [3.63, 3.8) is 0 Å². The molecular weight excluding hydrogens is 621 g/mol. The van der Waals surface area contributed by atoms with E-state index in [-0.39, 0.29) is 0 Å². The Morgan fingerprint density at radius 3 is 2.24 bits per heavy atom. The maximum Gasteiger partial charge on any atom is 0.135 e. The summed E-state index contributed by atoms with van der Waals surface area (Å²) in [7, 11) is 0. The van der Waals surface area contributed by atoms with E-state index in [1.165, 1.54) is 10.8 Å². The number of rotatable bonds is 11. The third kappa shape index (κ3) is 5.39. The molecule has 7 rings (SSSR count). The Balaban J connectivity index is 1.58. The average Bonchev–Trinajstić information content (AvgIpc) is 3.69. The first-order valence-electron chi connectivity index (χ1n) is 17.1. The first-order chi connectivity index (χ1) is 24.9. The van der Waals surface area contributed by atoms with Gasteiger partial charge in [-0.25, -0.2) is 0 Å². The molecule has 0 saturated carbocycles. The Kier molecular flexibility index (Phi) is 8.81. The number of aliphatic imine (C=N–C) groups is 2. The van der Waals surface area contributed by atoms with Crippen molar-refractivity contribution in [2.75, 3.05) is 0 Å². The summed E-state index contributed by atoms with van der Waals surface area (Å²) in [4.78, 5) is 9.68. The molecule has 0 bridgehead atoms. The summed E-state index contributed by atoms with van der Waals surface area (Å²) >= 11 is 0. The van der Waals surface area contributed by atoms with Gasteiger partial charge in [0.25, 0.3) is 0 Å². The molecule has 0 aliphatic heterocycles. The van der Waals surface area contributed by atoms with E-state index in [4.69, 9.17) is 22.6 Å². The molecule has 51 heavy (non-hydrogen) atoms. The van der Waals surface area contributed by atoms with E-state index in [1.807, 2.05) is 44.2 Å². The van der Waals surface area contributed by atoms with Crippen LogP contribution in [0.5, 0.6) is 0 Å². The highest BCUT2D eigenvalue weighted by Gasteiger charge is 2.48. The number of nitrogens with zero attached hydrogens (tertiary/aromatic N) is 2. The largest absolute Gasteiger partial charge is 0.456 e. The van der Waals surface area contributed by atoms with Gasteiger partial charge in [-0.05, 0) is 100 Å². The second-order valence-electron chi connectivity index (χ2n) is 12.8. The van der Waals surface area contributed by atoms with Crippen molar-refractivity contribution in [1.29, 1.82) is 0 Å². The van der Waals surface area contributed by atoms with Crippen molar-refractivity contribution in [2.24, 2.45) is 9.98 Å². The zero-order valence-electron chi connectivity index (χ0n) is 29.2. The lowest BCUT2D eigenvalue weighted by atomic mass is 9.66. The third-order valence-electron chi connectivity index (χ3n) is 9.90. The molecule has 3 nitrogen and oxygen atoms in total. The molecule has 3 heteroatoms. The smallest absolute Gasteiger partial charge is 0.135 e. The van der Waals surface area contributed by atoms with Gasteiger partial charge in [-0.1, -0.05) is 136 Å². The van der Waals surface area contributed by atoms with E-state index in [0.29, 0.717) is 17.8 Å². The Hall–Kier alpha value is -6.32. The zero-order valence-corrected chi connectivity index (χ0v) is 29.2. The molecular formula is C48H40N2O. The lowest BCUT2D eigenvalue weighted by Crippen LogP contribution is -2.29. The monoisotopic (exact) mass is 660 g/mol. The van der Waals surface area contributed by atoms with Gasteiger partial charge in [-0.15, -0.1) is 0 Å². The van der Waals surface area contributed by atoms with Gasteiger partial charge in [0.2, 0.25) is 0 Å². The number of hydrogen-bond donors (Lipinski definition) is 0. The Morgan fingerprint density at radius 2 is 1.51 bits per heavy atom. The first kappa shape index (κ1) is 33.2. The van der Waals surface area contributed by atoms with Crippen molar-refractivity contribution in [3.8, 4) is 11.1 Å². The number of furan rings is 1. The van der Waals surface area contributed by atoms with Gasteiger partial charge in [0.1, 0.15) is 11.2 Å². The van der Waals surface area contributed by atoms with Gasteiger partial charge in [0, 0.05) is 16.3 Å². The van der Waals surface area contributed by atoms with Crippen LogP contribution in [0.15, 0.2) is 197 Å². The van der Waals surface area contributed by atoms with E-state index in [2.05, 4.69) is 122 Å². The van der Waals surface area contributed by atoms with Gasteiger partial charge >= 0.3 is 0 Å². The van der Waals surface area contributed by atoms with Crippen molar-refractivity contribution < 1.29 is 4.42 Å². The molecule has 6 aromatic rings. The third-order valence-corrected chi connectivity index (χ3v) is 9.90. The van der Waals surface area contributed by atoms with Crippen LogP contribution in [0.25, 0.3) is 43.8 Å². The minimum Gasteiger partial charge on any atom is -0.456 e.